The lowest BCUT2D eigenvalue weighted by Crippen LogP contribution is -2.39. The number of carbonyl (C=O) groups is 2. The second kappa shape index (κ2) is 9.86. The molecule has 0 unspecified atom stereocenters. The van der Waals surface area contributed by atoms with Crippen LogP contribution in [-0.2, 0) is 14.3 Å². The summed E-state index contributed by atoms with van der Waals surface area (Å²) in [5.74, 6) is -0.260. The number of hydrogen-bond donors (Lipinski definition) is 2. The molecule has 0 aromatic rings. The van der Waals surface area contributed by atoms with Gasteiger partial charge in [-0.25, -0.2) is 4.79 Å². The number of rotatable bonds is 8. The van der Waals surface area contributed by atoms with E-state index < -0.39 is 6.09 Å². The number of hydrogen-bond acceptors (Lipinski definition) is 5. The molecule has 0 radical (unpaired) electrons. The molecule has 0 saturated heterocycles. The molecule has 0 spiro atoms. The first-order valence-electron chi connectivity index (χ1n) is 5.36. The first-order valence-corrected chi connectivity index (χ1v) is 5.36. The number of aliphatic hydroxyl groups excluding tert-OH is 1. The topological polar surface area (TPSA) is 88.1 Å². The lowest BCUT2D eigenvalue weighted by Gasteiger charge is -2.16. The Morgan fingerprint density at radius 2 is 2.06 bits per heavy atom. The van der Waals surface area contributed by atoms with E-state index >= 15 is 0 Å². The van der Waals surface area contributed by atoms with Crippen LogP contribution in [0.15, 0.2) is 0 Å². The number of nitrogens with one attached hydrogen (secondary N) is 1. The van der Waals surface area contributed by atoms with Crippen LogP contribution in [0.3, 0.4) is 0 Å². The van der Waals surface area contributed by atoms with E-state index in [2.05, 4.69) is 10.1 Å². The zero-order valence-corrected chi connectivity index (χ0v) is 10.3. The average Bonchev–Trinajstić information content (AvgIpc) is 2.31. The summed E-state index contributed by atoms with van der Waals surface area (Å²) in [5.41, 5.74) is 0. The van der Waals surface area contributed by atoms with Crippen LogP contribution in [0.2, 0.25) is 0 Å². The Labute approximate surface area is 101 Å². The molecule has 0 aliphatic carbocycles. The highest BCUT2D eigenvalue weighted by Gasteiger charge is 2.13. The summed E-state index contributed by atoms with van der Waals surface area (Å²) in [5, 5.41) is 11.1. The van der Waals surface area contributed by atoms with Crippen molar-refractivity contribution in [1.29, 1.82) is 0 Å². The van der Waals surface area contributed by atoms with Crippen molar-refractivity contribution in [2.45, 2.75) is 6.42 Å². The van der Waals surface area contributed by atoms with Gasteiger partial charge in [-0.05, 0) is 6.42 Å². The standard InChI is InChI=1S/C10H20N2O5/c1-12(10(15)17-7-5-13)8-9(14)11-4-3-6-16-2/h13H,3-8H2,1-2H3,(H,11,14). The largest absolute Gasteiger partial charge is 0.447 e. The maximum absolute atomic E-state index is 11.3. The first kappa shape index (κ1) is 15.7. The molecule has 2 N–H and O–H groups in total. The van der Waals surface area contributed by atoms with E-state index in [0.29, 0.717) is 13.2 Å². The normalized spacial score (nSPS) is 9.82. The van der Waals surface area contributed by atoms with Crippen LogP contribution in [0.1, 0.15) is 6.42 Å². The summed E-state index contributed by atoms with van der Waals surface area (Å²) in [6, 6.07) is 0. The quantitative estimate of drug-likeness (QED) is 0.549. The average molecular weight is 248 g/mol. The second-order valence-corrected chi connectivity index (χ2v) is 3.39. The molecule has 0 rings (SSSR count). The summed E-state index contributed by atoms with van der Waals surface area (Å²) in [7, 11) is 3.04. The minimum absolute atomic E-state index is 0.0708. The second-order valence-electron chi connectivity index (χ2n) is 3.39. The van der Waals surface area contributed by atoms with Crippen LogP contribution in [0, 0.1) is 0 Å². The number of aliphatic hydroxyl groups is 1. The van der Waals surface area contributed by atoms with Crippen molar-refractivity contribution in [3.63, 3.8) is 0 Å². The van der Waals surface area contributed by atoms with Crippen LogP contribution in [0.4, 0.5) is 4.79 Å². The maximum atomic E-state index is 11.3. The van der Waals surface area contributed by atoms with Gasteiger partial charge < -0.3 is 24.8 Å². The lowest BCUT2D eigenvalue weighted by molar-refractivity contribution is -0.121. The van der Waals surface area contributed by atoms with Gasteiger partial charge in [0, 0.05) is 27.3 Å². The van der Waals surface area contributed by atoms with Crippen molar-refractivity contribution in [2.24, 2.45) is 0 Å². The molecule has 7 nitrogen and oxygen atoms in total. The molecule has 0 aromatic carbocycles. The number of methoxy groups -OCH3 is 1. The van der Waals surface area contributed by atoms with E-state index in [1.807, 2.05) is 0 Å². The molecule has 2 amide bonds. The summed E-state index contributed by atoms with van der Waals surface area (Å²) in [4.78, 5) is 23.7. The lowest BCUT2D eigenvalue weighted by atomic mass is 10.4. The van der Waals surface area contributed by atoms with Gasteiger partial charge in [0.1, 0.15) is 13.2 Å². The molecule has 100 valence electrons. The van der Waals surface area contributed by atoms with Gasteiger partial charge in [-0.15, -0.1) is 0 Å². The van der Waals surface area contributed by atoms with Crippen LogP contribution in [-0.4, -0.2) is 69.1 Å². The summed E-state index contributed by atoms with van der Waals surface area (Å²) in [6.07, 6.45) is 0.0899. The van der Waals surface area contributed by atoms with Gasteiger partial charge in [0.2, 0.25) is 5.91 Å². The molecule has 0 aromatic heterocycles. The van der Waals surface area contributed by atoms with Crippen molar-refractivity contribution in [3.05, 3.63) is 0 Å². The Morgan fingerprint density at radius 1 is 1.35 bits per heavy atom. The summed E-state index contributed by atoms with van der Waals surface area (Å²) in [6.45, 7) is 0.708. The fourth-order valence-electron chi connectivity index (χ4n) is 1.02. The Balaban J connectivity index is 3.67. The molecule has 0 aliphatic rings. The van der Waals surface area contributed by atoms with E-state index in [4.69, 9.17) is 9.84 Å². The van der Waals surface area contributed by atoms with Crippen molar-refractivity contribution in [1.82, 2.24) is 10.2 Å². The van der Waals surface area contributed by atoms with Crippen LogP contribution < -0.4 is 5.32 Å². The minimum Gasteiger partial charge on any atom is -0.447 e. The molecule has 0 fully saturated rings. The van der Waals surface area contributed by atoms with Gasteiger partial charge in [-0.3, -0.25) is 4.79 Å². The summed E-state index contributed by atoms with van der Waals surface area (Å²) >= 11 is 0. The zero-order chi connectivity index (χ0) is 13.1. The Hall–Kier alpha value is -1.34. The van der Waals surface area contributed by atoms with Crippen LogP contribution in [0.5, 0.6) is 0 Å². The van der Waals surface area contributed by atoms with Crippen LogP contribution >= 0.6 is 0 Å². The van der Waals surface area contributed by atoms with Gasteiger partial charge in [-0.2, -0.15) is 0 Å². The molecule has 0 saturated carbocycles. The highest BCUT2D eigenvalue weighted by molar-refractivity contribution is 5.81. The molecule has 7 heteroatoms. The maximum Gasteiger partial charge on any atom is 0.410 e. The zero-order valence-electron chi connectivity index (χ0n) is 10.3. The Morgan fingerprint density at radius 3 is 2.65 bits per heavy atom. The Kier molecular flexibility index (Phi) is 9.08. The van der Waals surface area contributed by atoms with Crippen molar-refractivity contribution >= 4 is 12.0 Å². The van der Waals surface area contributed by atoms with Gasteiger partial charge >= 0.3 is 6.09 Å². The number of amides is 2. The third kappa shape index (κ3) is 8.47. The number of nitrogens with zero attached hydrogens (tertiary/aromatic N) is 1. The van der Waals surface area contributed by atoms with E-state index in [-0.39, 0.29) is 25.7 Å². The smallest absolute Gasteiger partial charge is 0.410 e. The molecule has 0 aliphatic heterocycles. The van der Waals surface area contributed by atoms with E-state index in [1.54, 1.807) is 7.11 Å². The SMILES string of the molecule is COCCCNC(=O)CN(C)C(=O)OCCO. The molecular formula is C10H20N2O5. The number of ether oxygens (including phenoxy) is 2. The van der Waals surface area contributed by atoms with Gasteiger partial charge in [0.05, 0.1) is 6.61 Å². The van der Waals surface area contributed by atoms with Crippen molar-refractivity contribution in [3.8, 4) is 0 Å². The molecular weight excluding hydrogens is 228 g/mol. The fraction of sp³-hybridized carbons (Fsp3) is 0.800. The van der Waals surface area contributed by atoms with Crippen molar-refractivity contribution < 1.29 is 24.2 Å². The third-order valence-corrected chi connectivity index (χ3v) is 1.86. The highest BCUT2D eigenvalue weighted by atomic mass is 16.6. The van der Waals surface area contributed by atoms with Gasteiger partial charge in [0.15, 0.2) is 0 Å². The first-order chi connectivity index (χ1) is 8.11. The predicted octanol–water partition coefficient (Wildman–Crippen LogP) is -0.800. The van der Waals surface area contributed by atoms with E-state index in [1.165, 1.54) is 7.05 Å². The summed E-state index contributed by atoms with van der Waals surface area (Å²) < 4.78 is 9.46. The van der Waals surface area contributed by atoms with E-state index in [9.17, 15) is 9.59 Å². The van der Waals surface area contributed by atoms with Gasteiger partial charge in [0.25, 0.3) is 0 Å². The third-order valence-electron chi connectivity index (χ3n) is 1.86. The molecule has 17 heavy (non-hydrogen) atoms. The van der Waals surface area contributed by atoms with E-state index in [0.717, 1.165) is 11.3 Å². The predicted molar refractivity (Wildman–Crippen MR) is 60.6 cm³/mol. The number of carbonyl (C=O) groups excluding carboxylic acids is 2. The molecule has 0 atom stereocenters. The molecule has 0 bridgehead atoms. The minimum atomic E-state index is -0.633. The van der Waals surface area contributed by atoms with Crippen molar-refractivity contribution in [2.75, 3.05) is 47.1 Å². The van der Waals surface area contributed by atoms with Gasteiger partial charge in [-0.1, -0.05) is 0 Å². The highest BCUT2D eigenvalue weighted by Crippen LogP contribution is 1.89. The number of likely N-dealkylation sites (N-methyl/N-ethyl adjacent to an activating group) is 1. The Bertz CT molecular complexity index is 235. The molecule has 0 heterocycles. The van der Waals surface area contributed by atoms with Crippen LogP contribution in [0.25, 0.3) is 0 Å². The fourth-order valence-corrected chi connectivity index (χ4v) is 1.02. The monoisotopic (exact) mass is 248 g/mol.